The average molecular weight is 508 g/mol. The molecule has 2 aromatic heterocycles. The summed E-state index contributed by atoms with van der Waals surface area (Å²) in [5.41, 5.74) is -5.28. The minimum absolute atomic E-state index is 0.0716. The minimum atomic E-state index is -5.18. The first-order valence-corrected chi connectivity index (χ1v) is 9.85. The van der Waals surface area contributed by atoms with E-state index in [1.165, 1.54) is 18.2 Å². The molecule has 0 atom stereocenters. The summed E-state index contributed by atoms with van der Waals surface area (Å²) < 4.78 is 90.9. The quantitative estimate of drug-likeness (QED) is 0.408. The van der Waals surface area contributed by atoms with Gasteiger partial charge in [-0.25, -0.2) is 9.97 Å². The smallest absolute Gasteiger partial charge is 0.437 e. The molecule has 0 radical (unpaired) electrons. The maximum absolute atomic E-state index is 13.7. The highest BCUT2D eigenvalue weighted by Crippen LogP contribution is 2.39. The highest BCUT2D eigenvalue weighted by atomic mass is 35.5. The van der Waals surface area contributed by atoms with E-state index in [0.29, 0.717) is 6.07 Å². The lowest BCUT2D eigenvalue weighted by Gasteiger charge is -2.20. The topological polar surface area (TPSA) is 77.1 Å². The maximum atomic E-state index is 13.7. The van der Waals surface area contributed by atoms with Crippen LogP contribution in [-0.2, 0) is 12.4 Å². The van der Waals surface area contributed by atoms with Gasteiger partial charge in [0.1, 0.15) is 17.0 Å². The fraction of sp³-hybridized carbons (Fsp3) is 0.286. The predicted molar refractivity (Wildman–Crippen MR) is 110 cm³/mol. The van der Waals surface area contributed by atoms with Crippen LogP contribution in [0.1, 0.15) is 32.0 Å². The third-order valence-corrected chi connectivity index (χ3v) is 4.31. The van der Waals surface area contributed by atoms with Gasteiger partial charge in [-0.3, -0.25) is 4.79 Å². The predicted octanol–water partition coefficient (Wildman–Crippen LogP) is 6.49. The Hall–Kier alpha value is -3.28. The Bertz CT molecular complexity index is 1270. The summed E-state index contributed by atoms with van der Waals surface area (Å²) in [6.45, 7) is 5.20. The SMILES string of the molecule is CC(C)(C)Oc1cccc(-c2nc(C(F)(F)F)c(Oc3ccc(Cl)c(C(F)(F)F)c3)c(=O)[nH]2)n1. The average Bonchev–Trinajstić information content (AvgIpc) is 2.67. The van der Waals surface area contributed by atoms with Crippen molar-refractivity contribution in [2.24, 2.45) is 0 Å². The van der Waals surface area contributed by atoms with Crippen LogP contribution in [0.4, 0.5) is 26.3 Å². The van der Waals surface area contributed by atoms with Crippen LogP contribution < -0.4 is 15.0 Å². The van der Waals surface area contributed by atoms with Crippen LogP contribution in [0.15, 0.2) is 41.2 Å². The molecule has 1 aromatic carbocycles. The molecule has 34 heavy (non-hydrogen) atoms. The molecule has 182 valence electrons. The van der Waals surface area contributed by atoms with Gasteiger partial charge in [0.15, 0.2) is 11.5 Å². The van der Waals surface area contributed by atoms with E-state index in [4.69, 9.17) is 21.1 Å². The third-order valence-electron chi connectivity index (χ3n) is 3.99. The van der Waals surface area contributed by atoms with Crippen molar-refractivity contribution < 1.29 is 35.8 Å². The first-order valence-electron chi connectivity index (χ1n) is 9.47. The summed E-state index contributed by atoms with van der Waals surface area (Å²) in [7, 11) is 0. The highest BCUT2D eigenvalue weighted by Gasteiger charge is 2.40. The van der Waals surface area contributed by atoms with Crippen LogP contribution in [-0.4, -0.2) is 20.6 Å². The normalized spacial score (nSPS) is 12.5. The van der Waals surface area contributed by atoms with Gasteiger partial charge in [0.2, 0.25) is 11.6 Å². The van der Waals surface area contributed by atoms with E-state index in [9.17, 15) is 31.1 Å². The summed E-state index contributed by atoms with van der Waals surface area (Å²) in [6.07, 6.45) is -10.1. The van der Waals surface area contributed by atoms with Crippen molar-refractivity contribution in [2.45, 2.75) is 38.7 Å². The van der Waals surface area contributed by atoms with Crippen LogP contribution in [0.25, 0.3) is 11.5 Å². The van der Waals surface area contributed by atoms with Crippen molar-refractivity contribution in [1.29, 1.82) is 0 Å². The van der Waals surface area contributed by atoms with Gasteiger partial charge in [0.05, 0.1) is 10.6 Å². The number of nitrogens with one attached hydrogen (secondary N) is 1. The minimum Gasteiger partial charge on any atom is -0.472 e. The Labute approximate surface area is 193 Å². The van der Waals surface area contributed by atoms with Gasteiger partial charge in [0.25, 0.3) is 5.56 Å². The molecule has 3 rings (SSSR count). The molecule has 0 bridgehead atoms. The Morgan fingerprint density at radius 3 is 2.21 bits per heavy atom. The molecule has 0 unspecified atom stereocenters. The number of hydrogen-bond donors (Lipinski definition) is 1. The standard InChI is InChI=1S/C21H16ClF6N3O3/c1-19(2,3)34-14-6-4-5-13(29-14)17-30-16(21(26,27)28)15(18(32)31-17)33-10-7-8-12(22)11(9-10)20(23,24)25/h4-9H,1-3H3,(H,30,31,32). The first-order chi connectivity index (χ1) is 15.5. The number of rotatable bonds is 4. The van der Waals surface area contributed by atoms with E-state index < -0.39 is 57.1 Å². The van der Waals surface area contributed by atoms with E-state index in [-0.39, 0.29) is 11.6 Å². The number of pyridine rings is 1. The zero-order chi connectivity index (χ0) is 25.5. The number of aromatic nitrogens is 3. The second-order valence-corrected chi connectivity index (χ2v) is 8.31. The molecule has 0 fully saturated rings. The number of hydrogen-bond acceptors (Lipinski definition) is 5. The van der Waals surface area contributed by atoms with Gasteiger partial charge < -0.3 is 14.5 Å². The highest BCUT2D eigenvalue weighted by molar-refractivity contribution is 6.31. The van der Waals surface area contributed by atoms with Crippen molar-refractivity contribution in [2.75, 3.05) is 0 Å². The van der Waals surface area contributed by atoms with Gasteiger partial charge in [0, 0.05) is 6.07 Å². The summed E-state index contributed by atoms with van der Waals surface area (Å²) in [4.78, 5) is 22.1. The van der Waals surface area contributed by atoms with Gasteiger partial charge in [-0.1, -0.05) is 17.7 Å². The molecular weight excluding hydrogens is 492 g/mol. The van der Waals surface area contributed by atoms with Crippen LogP contribution >= 0.6 is 11.6 Å². The fourth-order valence-corrected chi connectivity index (χ4v) is 2.92. The molecule has 1 N–H and O–H groups in total. The van der Waals surface area contributed by atoms with E-state index in [2.05, 4.69) is 15.0 Å². The lowest BCUT2D eigenvalue weighted by atomic mass is 10.2. The van der Waals surface area contributed by atoms with Crippen molar-refractivity contribution in [3.05, 3.63) is 63.0 Å². The van der Waals surface area contributed by atoms with Crippen LogP contribution in [0.2, 0.25) is 5.02 Å². The number of aromatic amines is 1. The van der Waals surface area contributed by atoms with Gasteiger partial charge in [-0.15, -0.1) is 0 Å². The molecule has 3 aromatic rings. The Morgan fingerprint density at radius 2 is 1.62 bits per heavy atom. The Kier molecular flexibility index (Phi) is 6.57. The van der Waals surface area contributed by atoms with Crippen molar-refractivity contribution in [1.82, 2.24) is 15.0 Å². The molecular formula is C21H16ClF6N3O3. The zero-order valence-corrected chi connectivity index (χ0v) is 18.5. The van der Waals surface area contributed by atoms with E-state index in [0.717, 1.165) is 12.1 Å². The maximum Gasteiger partial charge on any atom is 0.437 e. The van der Waals surface area contributed by atoms with Crippen LogP contribution in [0, 0.1) is 0 Å². The van der Waals surface area contributed by atoms with Crippen molar-refractivity contribution in [3.63, 3.8) is 0 Å². The monoisotopic (exact) mass is 507 g/mol. The van der Waals surface area contributed by atoms with E-state index in [1.807, 2.05) is 0 Å². The molecule has 0 amide bonds. The lowest BCUT2D eigenvalue weighted by Crippen LogP contribution is -2.24. The summed E-state index contributed by atoms with van der Waals surface area (Å²) >= 11 is 5.51. The van der Waals surface area contributed by atoms with Gasteiger partial charge in [-0.05, 0) is 45.0 Å². The molecule has 2 heterocycles. The largest absolute Gasteiger partial charge is 0.472 e. The van der Waals surface area contributed by atoms with Gasteiger partial charge >= 0.3 is 12.4 Å². The lowest BCUT2D eigenvalue weighted by molar-refractivity contribution is -0.142. The number of benzene rings is 1. The number of halogens is 7. The molecule has 6 nitrogen and oxygen atoms in total. The van der Waals surface area contributed by atoms with Crippen molar-refractivity contribution >= 4 is 11.6 Å². The number of nitrogens with zero attached hydrogens (tertiary/aromatic N) is 2. The second-order valence-electron chi connectivity index (χ2n) is 7.91. The Morgan fingerprint density at radius 1 is 0.941 bits per heavy atom. The fourth-order valence-electron chi connectivity index (χ4n) is 2.69. The summed E-state index contributed by atoms with van der Waals surface area (Å²) in [5.74, 6) is -2.51. The number of H-pyrrole nitrogens is 1. The molecule has 0 aliphatic rings. The molecule has 13 heteroatoms. The molecule has 0 spiro atoms. The third kappa shape index (κ3) is 5.99. The van der Waals surface area contributed by atoms with Crippen LogP contribution in [0.3, 0.4) is 0 Å². The van der Waals surface area contributed by atoms with E-state index >= 15 is 0 Å². The second kappa shape index (κ2) is 8.82. The van der Waals surface area contributed by atoms with Crippen LogP contribution in [0.5, 0.6) is 17.4 Å². The molecule has 0 aliphatic heterocycles. The van der Waals surface area contributed by atoms with Gasteiger partial charge in [-0.2, -0.15) is 26.3 Å². The first kappa shape index (κ1) is 25.3. The van der Waals surface area contributed by atoms with E-state index in [1.54, 1.807) is 20.8 Å². The molecule has 0 aliphatic carbocycles. The van der Waals surface area contributed by atoms with Crippen molar-refractivity contribution in [3.8, 4) is 28.9 Å². The summed E-state index contributed by atoms with van der Waals surface area (Å²) in [6, 6.07) is 6.25. The zero-order valence-electron chi connectivity index (χ0n) is 17.7. The Balaban J connectivity index is 2.09. The summed E-state index contributed by atoms with van der Waals surface area (Å²) in [5, 5.41) is -0.693. The molecule has 0 saturated carbocycles. The molecule has 0 saturated heterocycles. The number of ether oxygens (including phenoxy) is 2. The number of alkyl halides is 6.